The number of nitrogens with one attached hydrogen (secondary N) is 1. The van der Waals surface area contributed by atoms with Crippen molar-refractivity contribution in [1.29, 1.82) is 0 Å². The second kappa shape index (κ2) is 3.97. The standard InChI is InChI=1S/C11H23NO/c1-5-7-11(6-2)9-12-8-10(3,4)13-11/h12H,5-9H2,1-4H3. The molecule has 0 saturated carbocycles. The molecular weight excluding hydrogens is 162 g/mol. The van der Waals surface area contributed by atoms with E-state index in [0.29, 0.717) is 0 Å². The molecule has 0 aromatic heterocycles. The monoisotopic (exact) mass is 185 g/mol. The van der Waals surface area contributed by atoms with Crippen molar-refractivity contribution < 1.29 is 4.74 Å². The van der Waals surface area contributed by atoms with Gasteiger partial charge >= 0.3 is 0 Å². The van der Waals surface area contributed by atoms with Gasteiger partial charge in [-0.1, -0.05) is 20.3 Å². The van der Waals surface area contributed by atoms with E-state index in [0.717, 1.165) is 19.5 Å². The van der Waals surface area contributed by atoms with Crippen molar-refractivity contribution in [3.63, 3.8) is 0 Å². The van der Waals surface area contributed by atoms with E-state index in [-0.39, 0.29) is 11.2 Å². The van der Waals surface area contributed by atoms with Crippen LogP contribution in [0.1, 0.15) is 47.0 Å². The summed E-state index contributed by atoms with van der Waals surface area (Å²) < 4.78 is 6.19. The summed E-state index contributed by atoms with van der Waals surface area (Å²) >= 11 is 0. The Morgan fingerprint density at radius 2 is 1.92 bits per heavy atom. The van der Waals surface area contributed by atoms with Crippen molar-refractivity contribution in [3.8, 4) is 0 Å². The molecule has 2 nitrogen and oxygen atoms in total. The van der Waals surface area contributed by atoms with Crippen LogP contribution in [0.25, 0.3) is 0 Å². The normalized spacial score (nSPS) is 33.2. The second-order valence-electron chi connectivity index (χ2n) is 4.75. The molecule has 1 unspecified atom stereocenters. The molecule has 1 saturated heterocycles. The summed E-state index contributed by atoms with van der Waals surface area (Å²) in [4.78, 5) is 0. The lowest BCUT2D eigenvalue weighted by atomic mass is 9.90. The third-order valence-corrected chi connectivity index (χ3v) is 2.84. The summed E-state index contributed by atoms with van der Waals surface area (Å²) in [6.07, 6.45) is 3.48. The minimum Gasteiger partial charge on any atom is -0.366 e. The molecule has 1 aliphatic rings. The number of morpholine rings is 1. The average molecular weight is 185 g/mol. The van der Waals surface area contributed by atoms with Crippen LogP contribution in [0, 0.1) is 0 Å². The second-order valence-corrected chi connectivity index (χ2v) is 4.75. The topological polar surface area (TPSA) is 21.3 Å². The van der Waals surface area contributed by atoms with Gasteiger partial charge in [-0.25, -0.2) is 0 Å². The summed E-state index contributed by atoms with van der Waals surface area (Å²) in [7, 11) is 0. The maximum atomic E-state index is 6.19. The lowest BCUT2D eigenvalue weighted by molar-refractivity contribution is -0.166. The van der Waals surface area contributed by atoms with E-state index in [9.17, 15) is 0 Å². The van der Waals surface area contributed by atoms with Gasteiger partial charge < -0.3 is 10.1 Å². The van der Waals surface area contributed by atoms with Gasteiger partial charge in [0.25, 0.3) is 0 Å². The van der Waals surface area contributed by atoms with Gasteiger partial charge in [-0.15, -0.1) is 0 Å². The van der Waals surface area contributed by atoms with Crippen molar-refractivity contribution >= 4 is 0 Å². The quantitative estimate of drug-likeness (QED) is 0.728. The van der Waals surface area contributed by atoms with Gasteiger partial charge in [0, 0.05) is 13.1 Å². The zero-order chi connectivity index (χ0) is 9.95. The molecule has 1 heterocycles. The van der Waals surface area contributed by atoms with Crippen LogP contribution in [0.15, 0.2) is 0 Å². The number of hydrogen-bond acceptors (Lipinski definition) is 2. The van der Waals surface area contributed by atoms with E-state index in [4.69, 9.17) is 4.74 Å². The molecular formula is C11H23NO. The fourth-order valence-electron chi connectivity index (χ4n) is 2.22. The van der Waals surface area contributed by atoms with Gasteiger partial charge in [-0.3, -0.25) is 0 Å². The molecule has 1 rings (SSSR count). The van der Waals surface area contributed by atoms with Gasteiger partial charge in [0.05, 0.1) is 11.2 Å². The number of hydrogen-bond donors (Lipinski definition) is 1. The van der Waals surface area contributed by atoms with E-state index in [1.165, 1.54) is 12.8 Å². The van der Waals surface area contributed by atoms with Crippen molar-refractivity contribution in [2.45, 2.75) is 58.2 Å². The van der Waals surface area contributed by atoms with Gasteiger partial charge in [0.2, 0.25) is 0 Å². The third-order valence-electron chi connectivity index (χ3n) is 2.84. The first-order chi connectivity index (χ1) is 6.04. The van der Waals surface area contributed by atoms with E-state index < -0.39 is 0 Å². The first kappa shape index (κ1) is 11.0. The third kappa shape index (κ3) is 2.68. The Balaban J connectivity index is 2.64. The highest BCUT2D eigenvalue weighted by Gasteiger charge is 2.38. The minimum atomic E-state index is 0.00340. The molecule has 1 N–H and O–H groups in total. The summed E-state index contributed by atoms with van der Waals surface area (Å²) in [6, 6.07) is 0. The summed E-state index contributed by atoms with van der Waals surface area (Å²) in [6.45, 7) is 10.8. The van der Waals surface area contributed by atoms with Crippen LogP contribution < -0.4 is 5.32 Å². The summed E-state index contributed by atoms with van der Waals surface area (Å²) in [5.41, 5.74) is 0.0972. The molecule has 13 heavy (non-hydrogen) atoms. The largest absolute Gasteiger partial charge is 0.366 e. The van der Waals surface area contributed by atoms with Crippen LogP contribution in [-0.2, 0) is 4.74 Å². The number of ether oxygens (including phenoxy) is 1. The first-order valence-corrected chi connectivity index (χ1v) is 5.44. The Labute approximate surface area is 82.0 Å². The van der Waals surface area contributed by atoms with E-state index in [1.54, 1.807) is 0 Å². The average Bonchev–Trinajstić information content (AvgIpc) is 2.03. The van der Waals surface area contributed by atoms with Crippen LogP contribution in [0.2, 0.25) is 0 Å². The van der Waals surface area contributed by atoms with E-state index >= 15 is 0 Å². The Morgan fingerprint density at radius 3 is 2.38 bits per heavy atom. The first-order valence-electron chi connectivity index (χ1n) is 5.44. The Hall–Kier alpha value is -0.0800. The van der Waals surface area contributed by atoms with Crippen LogP contribution in [0.3, 0.4) is 0 Å². The van der Waals surface area contributed by atoms with Crippen LogP contribution in [0.4, 0.5) is 0 Å². The highest BCUT2D eigenvalue weighted by molar-refractivity contribution is 4.91. The number of rotatable bonds is 3. The van der Waals surface area contributed by atoms with E-state index in [1.807, 2.05) is 0 Å². The summed E-state index contributed by atoms with van der Waals surface area (Å²) in [5, 5.41) is 3.48. The molecule has 78 valence electrons. The fraction of sp³-hybridized carbons (Fsp3) is 1.00. The SMILES string of the molecule is CCCC1(CC)CNCC(C)(C)O1. The minimum absolute atomic E-state index is 0.00340. The molecule has 1 atom stereocenters. The molecule has 0 spiro atoms. The maximum absolute atomic E-state index is 6.19. The van der Waals surface area contributed by atoms with Crippen molar-refractivity contribution in [2.24, 2.45) is 0 Å². The van der Waals surface area contributed by atoms with Gasteiger partial charge in [-0.05, 0) is 26.7 Å². The van der Waals surface area contributed by atoms with Gasteiger partial charge in [0.15, 0.2) is 0 Å². The van der Waals surface area contributed by atoms with Crippen LogP contribution >= 0.6 is 0 Å². The smallest absolute Gasteiger partial charge is 0.0811 e. The Morgan fingerprint density at radius 1 is 1.23 bits per heavy atom. The Kier molecular flexibility index (Phi) is 3.36. The zero-order valence-corrected chi connectivity index (χ0v) is 9.44. The molecule has 2 heteroatoms. The van der Waals surface area contributed by atoms with E-state index in [2.05, 4.69) is 33.0 Å². The molecule has 1 aliphatic heterocycles. The predicted molar refractivity (Wildman–Crippen MR) is 56.0 cm³/mol. The van der Waals surface area contributed by atoms with Crippen molar-refractivity contribution in [1.82, 2.24) is 5.32 Å². The van der Waals surface area contributed by atoms with Gasteiger partial charge in [-0.2, -0.15) is 0 Å². The zero-order valence-electron chi connectivity index (χ0n) is 9.44. The predicted octanol–water partition coefficient (Wildman–Crippen LogP) is 2.33. The molecule has 0 aromatic rings. The van der Waals surface area contributed by atoms with Crippen LogP contribution in [0.5, 0.6) is 0 Å². The fourth-order valence-corrected chi connectivity index (χ4v) is 2.22. The van der Waals surface area contributed by atoms with Crippen molar-refractivity contribution in [2.75, 3.05) is 13.1 Å². The molecule has 0 radical (unpaired) electrons. The molecule has 1 fully saturated rings. The molecule has 0 bridgehead atoms. The van der Waals surface area contributed by atoms with Crippen LogP contribution in [-0.4, -0.2) is 24.3 Å². The van der Waals surface area contributed by atoms with Gasteiger partial charge in [0.1, 0.15) is 0 Å². The lowest BCUT2D eigenvalue weighted by Crippen LogP contribution is -2.57. The van der Waals surface area contributed by atoms with Crippen molar-refractivity contribution in [3.05, 3.63) is 0 Å². The highest BCUT2D eigenvalue weighted by atomic mass is 16.5. The molecule has 0 aromatic carbocycles. The molecule has 0 aliphatic carbocycles. The lowest BCUT2D eigenvalue weighted by Gasteiger charge is -2.45. The maximum Gasteiger partial charge on any atom is 0.0811 e. The molecule has 0 amide bonds. The Bertz CT molecular complexity index is 163. The summed E-state index contributed by atoms with van der Waals surface area (Å²) in [5.74, 6) is 0. The highest BCUT2D eigenvalue weighted by Crippen LogP contribution is 2.30.